The number of carbonyl (C=O) groups excluding carboxylic acids is 1. The van der Waals surface area contributed by atoms with Gasteiger partial charge in [0.25, 0.3) is 0 Å². The Hall–Kier alpha value is -3.13. The molecule has 0 aliphatic carbocycles. The molecule has 0 bridgehead atoms. The van der Waals surface area contributed by atoms with Gasteiger partial charge in [-0.3, -0.25) is 4.79 Å². The minimum atomic E-state index is -0.307. The topological polar surface area (TPSA) is 26.3 Å². The summed E-state index contributed by atoms with van der Waals surface area (Å²) in [7, 11) is 0. The summed E-state index contributed by atoms with van der Waals surface area (Å²) in [5.41, 5.74) is 3.59. The van der Waals surface area contributed by atoms with E-state index in [4.69, 9.17) is 4.74 Å². The molecule has 2 nitrogen and oxygen atoms in total. The molecule has 115 valence electrons. The molecule has 0 unspecified atom stereocenters. The molecule has 0 N–H and O–H groups in total. The lowest BCUT2D eigenvalue weighted by atomic mass is 9.86. The Morgan fingerprint density at radius 3 is 1.54 bits per heavy atom. The zero-order chi connectivity index (χ0) is 16.4. The smallest absolute Gasteiger partial charge is 0.328 e. The Morgan fingerprint density at radius 1 is 0.542 bits per heavy atom. The van der Waals surface area contributed by atoms with Crippen LogP contribution in [0.1, 0.15) is 16.7 Å². The van der Waals surface area contributed by atoms with Crippen LogP contribution in [-0.4, -0.2) is 5.97 Å². The molecule has 0 saturated heterocycles. The van der Waals surface area contributed by atoms with Gasteiger partial charge < -0.3 is 4.74 Å². The highest BCUT2D eigenvalue weighted by Gasteiger charge is 2.39. The molecule has 1 heterocycles. The van der Waals surface area contributed by atoms with E-state index in [1.165, 1.54) is 0 Å². The molecule has 0 amide bonds. The highest BCUT2D eigenvalue weighted by molar-refractivity contribution is 6.19. The van der Waals surface area contributed by atoms with Gasteiger partial charge in [-0.1, -0.05) is 91.0 Å². The average Bonchev–Trinajstić information content (AvgIpc) is 3.01. The van der Waals surface area contributed by atoms with Crippen LogP contribution < -0.4 is 0 Å². The molecule has 0 atom stereocenters. The largest absolute Gasteiger partial charge is 0.425 e. The number of ether oxygens (including phenoxy) is 1. The van der Waals surface area contributed by atoms with Gasteiger partial charge in [-0.05, 0) is 11.1 Å². The van der Waals surface area contributed by atoms with Crippen molar-refractivity contribution in [2.24, 2.45) is 0 Å². The number of hydrogen-bond donors (Lipinski definition) is 0. The van der Waals surface area contributed by atoms with Crippen molar-refractivity contribution in [3.8, 4) is 0 Å². The van der Waals surface area contributed by atoms with Crippen molar-refractivity contribution in [3.05, 3.63) is 114 Å². The fourth-order valence-corrected chi connectivity index (χ4v) is 2.95. The minimum absolute atomic E-state index is 0.307. The second kappa shape index (κ2) is 6.17. The van der Waals surface area contributed by atoms with Gasteiger partial charge in [0.2, 0.25) is 0 Å². The standard InChI is InChI=1S/C22H15O2/c23-22-20(17-12-6-2-7-13-17)19(16-10-4-1-5-11-16)21(24-22)18-14-8-3-9-15-18/h1-15H. The summed E-state index contributed by atoms with van der Waals surface area (Å²) in [6, 6.07) is 29.3. The molecule has 0 aromatic heterocycles. The van der Waals surface area contributed by atoms with Crippen molar-refractivity contribution in [2.45, 2.75) is 0 Å². The van der Waals surface area contributed by atoms with Crippen molar-refractivity contribution in [2.75, 3.05) is 0 Å². The van der Waals surface area contributed by atoms with Crippen molar-refractivity contribution in [1.82, 2.24) is 0 Å². The van der Waals surface area contributed by atoms with Crippen LogP contribution in [0.25, 0.3) is 11.3 Å². The van der Waals surface area contributed by atoms with E-state index in [0.29, 0.717) is 11.7 Å². The molecule has 0 saturated carbocycles. The summed E-state index contributed by atoms with van der Waals surface area (Å²) in [5.74, 6) is 0.921. The Labute approximate surface area is 141 Å². The molecule has 3 aromatic rings. The fraction of sp³-hybridized carbons (Fsp3) is 0. The molecule has 0 spiro atoms. The molecular formula is C22H15O2. The quantitative estimate of drug-likeness (QED) is 0.653. The molecular weight excluding hydrogens is 296 g/mol. The lowest BCUT2D eigenvalue weighted by molar-refractivity contribution is -0.132. The SMILES string of the molecule is O=C1OC(c2ccccc2)=C(c2ccccc2)[C]1c1ccccc1. The summed E-state index contributed by atoms with van der Waals surface area (Å²) in [6.45, 7) is 0. The van der Waals surface area contributed by atoms with E-state index in [0.717, 1.165) is 22.3 Å². The van der Waals surface area contributed by atoms with Crippen LogP contribution in [0.5, 0.6) is 0 Å². The van der Waals surface area contributed by atoms with E-state index in [1.54, 1.807) is 0 Å². The van der Waals surface area contributed by atoms with Crippen LogP contribution in [0.15, 0.2) is 91.0 Å². The van der Waals surface area contributed by atoms with Gasteiger partial charge in [0.1, 0.15) is 11.7 Å². The molecule has 3 aromatic carbocycles. The maximum absolute atomic E-state index is 12.6. The van der Waals surface area contributed by atoms with Crippen molar-refractivity contribution in [1.29, 1.82) is 0 Å². The van der Waals surface area contributed by atoms with Crippen molar-refractivity contribution < 1.29 is 9.53 Å². The lowest BCUT2D eigenvalue weighted by Crippen LogP contribution is -2.10. The number of carbonyl (C=O) groups is 1. The van der Waals surface area contributed by atoms with E-state index in [2.05, 4.69) is 0 Å². The average molecular weight is 311 g/mol. The number of hydrogen-bond acceptors (Lipinski definition) is 2. The van der Waals surface area contributed by atoms with E-state index in [-0.39, 0.29) is 5.97 Å². The van der Waals surface area contributed by atoms with Gasteiger partial charge in [-0.25, -0.2) is 0 Å². The predicted molar refractivity (Wildman–Crippen MR) is 94.6 cm³/mol. The van der Waals surface area contributed by atoms with Crippen LogP contribution in [0.4, 0.5) is 0 Å². The normalized spacial score (nSPS) is 14.8. The maximum atomic E-state index is 12.6. The summed E-state index contributed by atoms with van der Waals surface area (Å²) in [4.78, 5) is 12.6. The summed E-state index contributed by atoms with van der Waals surface area (Å²) in [6.07, 6.45) is 0. The number of benzene rings is 3. The van der Waals surface area contributed by atoms with Crippen LogP contribution >= 0.6 is 0 Å². The first-order valence-electron chi connectivity index (χ1n) is 7.84. The first kappa shape index (κ1) is 14.5. The van der Waals surface area contributed by atoms with Crippen LogP contribution in [0, 0.1) is 5.92 Å². The summed E-state index contributed by atoms with van der Waals surface area (Å²) in [5, 5.41) is 0. The summed E-state index contributed by atoms with van der Waals surface area (Å²) >= 11 is 0. The number of cyclic esters (lactones) is 1. The fourth-order valence-electron chi connectivity index (χ4n) is 2.95. The third kappa shape index (κ3) is 2.52. The number of esters is 1. The minimum Gasteiger partial charge on any atom is -0.425 e. The molecule has 0 fully saturated rings. The Bertz CT molecular complexity index is 881. The molecule has 4 rings (SSSR count). The second-order valence-corrected chi connectivity index (χ2v) is 5.57. The maximum Gasteiger partial charge on any atom is 0.328 e. The number of rotatable bonds is 3. The Morgan fingerprint density at radius 2 is 1.00 bits per heavy atom. The van der Waals surface area contributed by atoms with Gasteiger partial charge in [0.15, 0.2) is 0 Å². The van der Waals surface area contributed by atoms with Crippen molar-refractivity contribution >= 4 is 17.3 Å². The summed E-state index contributed by atoms with van der Waals surface area (Å²) < 4.78 is 5.69. The van der Waals surface area contributed by atoms with Crippen LogP contribution in [0.3, 0.4) is 0 Å². The molecule has 1 aliphatic rings. The van der Waals surface area contributed by atoms with Gasteiger partial charge in [0.05, 0.1) is 0 Å². The van der Waals surface area contributed by atoms with E-state index in [1.807, 2.05) is 91.0 Å². The zero-order valence-electron chi connectivity index (χ0n) is 13.0. The highest BCUT2D eigenvalue weighted by Crippen LogP contribution is 2.44. The van der Waals surface area contributed by atoms with Crippen LogP contribution in [0.2, 0.25) is 0 Å². The predicted octanol–water partition coefficient (Wildman–Crippen LogP) is 4.73. The Balaban J connectivity index is 1.94. The van der Waals surface area contributed by atoms with Gasteiger partial charge in [0, 0.05) is 11.1 Å². The lowest BCUT2D eigenvalue weighted by Gasteiger charge is -2.11. The van der Waals surface area contributed by atoms with E-state index >= 15 is 0 Å². The van der Waals surface area contributed by atoms with Gasteiger partial charge in [-0.15, -0.1) is 0 Å². The first-order valence-corrected chi connectivity index (χ1v) is 7.84. The molecule has 24 heavy (non-hydrogen) atoms. The van der Waals surface area contributed by atoms with Crippen LogP contribution in [-0.2, 0) is 9.53 Å². The Kier molecular flexibility index (Phi) is 3.72. The highest BCUT2D eigenvalue weighted by atomic mass is 16.5. The third-order valence-corrected chi connectivity index (χ3v) is 4.04. The monoisotopic (exact) mass is 311 g/mol. The molecule has 1 radical (unpaired) electrons. The second-order valence-electron chi connectivity index (χ2n) is 5.57. The molecule has 2 heteroatoms. The van der Waals surface area contributed by atoms with Gasteiger partial charge >= 0.3 is 5.97 Å². The van der Waals surface area contributed by atoms with E-state index < -0.39 is 0 Å². The third-order valence-electron chi connectivity index (χ3n) is 4.04. The van der Waals surface area contributed by atoms with E-state index in [9.17, 15) is 4.79 Å². The van der Waals surface area contributed by atoms with Crippen molar-refractivity contribution in [3.63, 3.8) is 0 Å². The molecule has 1 aliphatic heterocycles. The van der Waals surface area contributed by atoms with Gasteiger partial charge in [-0.2, -0.15) is 0 Å². The first-order chi connectivity index (χ1) is 11.8. The zero-order valence-corrected chi connectivity index (χ0v) is 13.0.